The van der Waals surface area contributed by atoms with Crippen LogP contribution in [0.25, 0.3) is 11.0 Å². The van der Waals surface area contributed by atoms with Crippen molar-refractivity contribution in [2.24, 2.45) is 0 Å². The van der Waals surface area contributed by atoms with Crippen molar-refractivity contribution < 1.29 is 9.18 Å². The topological polar surface area (TPSA) is 78.4 Å². The van der Waals surface area contributed by atoms with Crippen molar-refractivity contribution in [3.63, 3.8) is 0 Å². The lowest BCUT2D eigenvalue weighted by atomic mass is 10.1. The number of aromatic amines is 1. The number of halogens is 1. The molecule has 0 unspecified atom stereocenters. The largest absolute Gasteiger partial charge is 0.333 e. The van der Waals surface area contributed by atoms with Gasteiger partial charge in [-0.1, -0.05) is 12.1 Å². The Bertz CT molecular complexity index is 1180. The number of carbonyl (C=O) groups is 1. The summed E-state index contributed by atoms with van der Waals surface area (Å²) in [6.45, 7) is 3.47. The Hall–Kier alpha value is -3.26. The van der Waals surface area contributed by atoms with Gasteiger partial charge in [0.25, 0.3) is 5.91 Å². The van der Waals surface area contributed by atoms with Crippen LogP contribution in [0.1, 0.15) is 22.8 Å². The number of likely N-dealkylation sites (N-methyl/N-ethyl adjacent to an activating group) is 1. The smallest absolute Gasteiger partial charge is 0.316 e. The van der Waals surface area contributed by atoms with Crippen LogP contribution in [0.3, 0.4) is 0 Å². The number of aromatic nitrogens is 2. The van der Waals surface area contributed by atoms with Crippen molar-refractivity contribution in [3.05, 3.63) is 80.1 Å². The lowest BCUT2D eigenvalue weighted by Gasteiger charge is -2.25. The first kappa shape index (κ1) is 21.4. The third-order valence-electron chi connectivity index (χ3n) is 4.90. The number of hydrogen-bond acceptors (Lipinski definition) is 4. The van der Waals surface area contributed by atoms with E-state index in [0.29, 0.717) is 41.8 Å². The first-order valence-electron chi connectivity index (χ1n) is 9.75. The molecule has 30 heavy (non-hydrogen) atoms. The van der Waals surface area contributed by atoms with E-state index in [-0.39, 0.29) is 18.3 Å². The Balaban J connectivity index is 1.98. The quantitative estimate of drug-likeness (QED) is 0.603. The number of fused-ring (bicyclic) bond motifs is 1. The van der Waals surface area contributed by atoms with Crippen molar-refractivity contribution in [2.45, 2.75) is 20.0 Å². The standard InChI is InChI=1S/C22H25FN4O3/c1-4-27-19-9-8-16(13-18(19)24-20(28)22(27)30)21(29)26(11-10-25(2)3)14-15-6-5-7-17(23)12-15/h5-9,12-13H,4,10-11,14H2,1-3H3,(H,24,28). The maximum atomic E-state index is 13.6. The summed E-state index contributed by atoms with van der Waals surface area (Å²) in [6.07, 6.45) is 0. The predicted molar refractivity (Wildman–Crippen MR) is 114 cm³/mol. The normalized spacial score (nSPS) is 11.2. The van der Waals surface area contributed by atoms with Gasteiger partial charge in [0.05, 0.1) is 11.0 Å². The van der Waals surface area contributed by atoms with Gasteiger partial charge in [-0.15, -0.1) is 0 Å². The molecule has 2 aromatic carbocycles. The molecule has 3 aromatic rings. The van der Waals surface area contributed by atoms with E-state index in [1.165, 1.54) is 16.7 Å². The summed E-state index contributed by atoms with van der Waals surface area (Å²) in [7, 11) is 3.82. The predicted octanol–water partition coefficient (Wildman–Crippen LogP) is 2.05. The Labute approximate surface area is 173 Å². The number of carbonyl (C=O) groups excluding carboxylic acids is 1. The maximum Gasteiger partial charge on any atom is 0.316 e. The fourth-order valence-corrected chi connectivity index (χ4v) is 3.34. The zero-order chi connectivity index (χ0) is 21.8. The second-order valence-corrected chi connectivity index (χ2v) is 7.40. The number of nitrogens with zero attached hydrogens (tertiary/aromatic N) is 3. The van der Waals surface area contributed by atoms with Crippen LogP contribution < -0.4 is 11.1 Å². The molecule has 0 saturated heterocycles. The third-order valence-corrected chi connectivity index (χ3v) is 4.90. The van der Waals surface area contributed by atoms with E-state index in [0.717, 1.165) is 0 Å². The summed E-state index contributed by atoms with van der Waals surface area (Å²) in [5, 5.41) is 0. The number of rotatable bonds is 7. The lowest BCUT2D eigenvalue weighted by Crippen LogP contribution is -2.37. The Morgan fingerprint density at radius 1 is 1.10 bits per heavy atom. The number of nitrogens with one attached hydrogen (secondary N) is 1. The van der Waals surface area contributed by atoms with Crippen LogP contribution in [0.4, 0.5) is 4.39 Å². The molecule has 0 bridgehead atoms. The first-order chi connectivity index (χ1) is 14.3. The number of amides is 1. The zero-order valence-corrected chi connectivity index (χ0v) is 17.3. The molecule has 158 valence electrons. The molecule has 3 rings (SSSR count). The van der Waals surface area contributed by atoms with Gasteiger partial charge in [0.1, 0.15) is 5.82 Å². The molecule has 1 N–H and O–H groups in total. The highest BCUT2D eigenvalue weighted by Gasteiger charge is 2.18. The summed E-state index contributed by atoms with van der Waals surface area (Å²) in [5.41, 5.74) is 0.709. The summed E-state index contributed by atoms with van der Waals surface area (Å²) in [6, 6.07) is 11.1. The molecular weight excluding hydrogens is 387 g/mol. The molecule has 0 radical (unpaired) electrons. The molecule has 0 aliphatic rings. The number of H-pyrrole nitrogens is 1. The molecule has 0 aliphatic carbocycles. The number of benzene rings is 2. The molecule has 0 fully saturated rings. The highest BCUT2D eigenvalue weighted by atomic mass is 19.1. The first-order valence-corrected chi connectivity index (χ1v) is 9.75. The summed E-state index contributed by atoms with van der Waals surface area (Å²) in [5.74, 6) is -0.591. The molecule has 1 heterocycles. The average Bonchev–Trinajstić information content (AvgIpc) is 2.71. The van der Waals surface area contributed by atoms with Gasteiger partial charge in [0.2, 0.25) is 0 Å². The molecular formula is C22H25FN4O3. The van der Waals surface area contributed by atoms with Crippen LogP contribution >= 0.6 is 0 Å². The van der Waals surface area contributed by atoms with E-state index in [2.05, 4.69) is 4.98 Å². The minimum atomic E-state index is -0.724. The van der Waals surface area contributed by atoms with Gasteiger partial charge in [-0.3, -0.25) is 14.4 Å². The number of aryl methyl sites for hydroxylation is 1. The van der Waals surface area contributed by atoms with Gasteiger partial charge in [-0.2, -0.15) is 0 Å². The number of hydrogen-bond donors (Lipinski definition) is 1. The van der Waals surface area contributed by atoms with Gasteiger partial charge in [-0.05, 0) is 56.9 Å². The van der Waals surface area contributed by atoms with Crippen molar-refractivity contribution >= 4 is 16.9 Å². The monoisotopic (exact) mass is 412 g/mol. The summed E-state index contributed by atoms with van der Waals surface area (Å²) >= 11 is 0. The molecule has 0 spiro atoms. The van der Waals surface area contributed by atoms with E-state index in [4.69, 9.17) is 0 Å². The minimum Gasteiger partial charge on any atom is -0.333 e. The molecule has 1 amide bonds. The van der Waals surface area contributed by atoms with Crippen LogP contribution in [0.2, 0.25) is 0 Å². The van der Waals surface area contributed by atoms with Crippen molar-refractivity contribution in [2.75, 3.05) is 27.2 Å². The Morgan fingerprint density at radius 3 is 2.53 bits per heavy atom. The SMILES string of the molecule is CCn1c(=O)c(=O)[nH]c2cc(C(=O)N(CCN(C)C)Cc3cccc(F)c3)ccc21. The second kappa shape index (κ2) is 9.04. The van der Waals surface area contributed by atoms with Crippen molar-refractivity contribution in [1.82, 2.24) is 19.4 Å². The molecule has 0 saturated carbocycles. The van der Waals surface area contributed by atoms with Crippen LogP contribution in [-0.2, 0) is 13.1 Å². The Kier molecular flexibility index (Phi) is 6.47. The van der Waals surface area contributed by atoms with E-state index < -0.39 is 11.1 Å². The van der Waals surface area contributed by atoms with Crippen molar-refractivity contribution in [3.8, 4) is 0 Å². The van der Waals surface area contributed by atoms with Crippen LogP contribution in [-0.4, -0.2) is 52.4 Å². The molecule has 8 heteroatoms. The van der Waals surface area contributed by atoms with Gasteiger partial charge < -0.3 is 19.4 Å². The van der Waals surface area contributed by atoms with Gasteiger partial charge >= 0.3 is 11.1 Å². The average molecular weight is 412 g/mol. The van der Waals surface area contributed by atoms with Crippen LogP contribution in [0.15, 0.2) is 52.1 Å². The molecule has 1 aromatic heterocycles. The Morgan fingerprint density at radius 2 is 1.87 bits per heavy atom. The fourth-order valence-electron chi connectivity index (χ4n) is 3.34. The van der Waals surface area contributed by atoms with Crippen molar-refractivity contribution in [1.29, 1.82) is 0 Å². The highest BCUT2D eigenvalue weighted by Crippen LogP contribution is 2.16. The van der Waals surface area contributed by atoms with Gasteiger partial charge in [0.15, 0.2) is 0 Å². The summed E-state index contributed by atoms with van der Waals surface area (Å²) in [4.78, 5) is 43.4. The second-order valence-electron chi connectivity index (χ2n) is 7.40. The minimum absolute atomic E-state index is 0.238. The van der Waals surface area contributed by atoms with Gasteiger partial charge in [-0.25, -0.2) is 4.39 Å². The third kappa shape index (κ3) is 4.65. The van der Waals surface area contributed by atoms with E-state index in [1.54, 1.807) is 42.2 Å². The zero-order valence-electron chi connectivity index (χ0n) is 17.3. The lowest BCUT2D eigenvalue weighted by molar-refractivity contribution is 0.0732. The van der Waals surface area contributed by atoms with Crippen LogP contribution in [0.5, 0.6) is 0 Å². The van der Waals surface area contributed by atoms with E-state index in [1.807, 2.05) is 19.0 Å². The van der Waals surface area contributed by atoms with Crippen LogP contribution in [0, 0.1) is 5.82 Å². The summed E-state index contributed by atoms with van der Waals surface area (Å²) < 4.78 is 15.0. The van der Waals surface area contributed by atoms with E-state index >= 15 is 0 Å². The maximum absolute atomic E-state index is 13.6. The highest BCUT2D eigenvalue weighted by molar-refractivity contribution is 5.97. The molecule has 0 aliphatic heterocycles. The molecule has 0 atom stereocenters. The molecule has 7 nitrogen and oxygen atoms in total. The van der Waals surface area contributed by atoms with E-state index in [9.17, 15) is 18.8 Å². The fraction of sp³-hybridized carbons (Fsp3) is 0.318. The van der Waals surface area contributed by atoms with Gasteiger partial charge in [0, 0.05) is 31.7 Å².